The summed E-state index contributed by atoms with van der Waals surface area (Å²) in [6.07, 6.45) is 0. The molecule has 0 radical (unpaired) electrons. The van der Waals surface area contributed by atoms with Crippen molar-refractivity contribution >= 4 is 39.1 Å². The monoisotopic (exact) mass is 319 g/mol. The Hall–Kier alpha value is -0.580. The second-order valence-corrected chi connectivity index (χ2v) is 4.64. The van der Waals surface area contributed by atoms with Gasteiger partial charge in [-0.1, -0.05) is 39.1 Å². The lowest BCUT2D eigenvalue weighted by Crippen LogP contribution is -1.97. The van der Waals surface area contributed by atoms with E-state index < -0.39 is 0 Å². The number of nitrogens with zero attached hydrogens (tertiary/aromatic N) is 3. The normalized spacial score (nSPS) is 10.8. The van der Waals surface area contributed by atoms with Gasteiger partial charge in [-0.25, -0.2) is 0 Å². The van der Waals surface area contributed by atoms with Gasteiger partial charge in [0.2, 0.25) is 0 Å². The van der Waals surface area contributed by atoms with Gasteiger partial charge in [-0.2, -0.15) is 0 Å². The van der Waals surface area contributed by atoms with Crippen molar-refractivity contribution in [2.45, 2.75) is 5.33 Å². The predicted molar refractivity (Wildman–Crippen MR) is 69.1 cm³/mol. The van der Waals surface area contributed by atoms with Gasteiger partial charge in [-0.15, -0.1) is 10.2 Å². The first kappa shape index (κ1) is 11.9. The van der Waals surface area contributed by atoms with Gasteiger partial charge in [0, 0.05) is 12.6 Å². The fraction of sp³-hybridized carbons (Fsp3) is 0.200. The standard InChI is InChI=1S/C10H8BrCl2N3/c1-16-9(5-11)14-15-10(16)6-2-3-7(12)8(13)4-6/h2-4H,5H2,1H3. The number of halogens is 3. The number of aromatic nitrogens is 3. The fourth-order valence-electron chi connectivity index (χ4n) is 1.36. The van der Waals surface area contributed by atoms with E-state index in [2.05, 4.69) is 26.1 Å². The molecule has 0 aliphatic heterocycles. The van der Waals surface area contributed by atoms with Crippen molar-refractivity contribution in [3.8, 4) is 11.4 Å². The molecule has 0 fully saturated rings. The summed E-state index contributed by atoms with van der Waals surface area (Å²) < 4.78 is 1.91. The van der Waals surface area contributed by atoms with Crippen molar-refractivity contribution < 1.29 is 0 Å². The van der Waals surface area contributed by atoms with Crippen LogP contribution in [0.15, 0.2) is 18.2 Å². The summed E-state index contributed by atoms with van der Waals surface area (Å²) in [5, 5.41) is 9.88. The van der Waals surface area contributed by atoms with Crippen LogP contribution in [0, 0.1) is 0 Å². The summed E-state index contributed by atoms with van der Waals surface area (Å²) in [5.74, 6) is 1.63. The first-order valence-electron chi connectivity index (χ1n) is 4.53. The van der Waals surface area contributed by atoms with Crippen molar-refractivity contribution in [2.24, 2.45) is 7.05 Å². The lowest BCUT2D eigenvalue weighted by atomic mass is 10.2. The maximum atomic E-state index is 5.96. The van der Waals surface area contributed by atoms with Crippen LogP contribution in [0.4, 0.5) is 0 Å². The molecule has 0 N–H and O–H groups in total. The number of alkyl halides is 1. The zero-order chi connectivity index (χ0) is 11.7. The summed E-state index contributed by atoms with van der Waals surface area (Å²) in [6.45, 7) is 0. The Kier molecular flexibility index (Phi) is 3.52. The van der Waals surface area contributed by atoms with Crippen LogP contribution in [-0.4, -0.2) is 14.8 Å². The van der Waals surface area contributed by atoms with Crippen LogP contribution in [-0.2, 0) is 12.4 Å². The van der Waals surface area contributed by atoms with E-state index in [1.165, 1.54) is 0 Å². The molecule has 1 aromatic carbocycles. The Morgan fingerprint density at radius 2 is 2.00 bits per heavy atom. The molecule has 0 atom stereocenters. The SMILES string of the molecule is Cn1c(CBr)nnc1-c1ccc(Cl)c(Cl)c1. The van der Waals surface area contributed by atoms with Crippen molar-refractivity contribution in [3.63, 3.8) is 0 Å². The molecule has 0 bridgehead atoms. The Labute approximate surface area is 112 Å². The van der Waals surface area contributed by atoms with Crippen LogP contribution in [0.5, 0.6) is 0 Å². The molecular weight excluding hydrogens is 313 g/mol. The molecule has 0 unspecified atom stereocenters. The summed E-state index contributed by atoms with van der Waals surface area (Å²) in [4.78, 5) is 0. The van der Waals surface area contributed by atoms with Gasteiger partial charge in [-0.3, -0.25) is 0 Å². The van der Waals surface area contributed by atoms with Crippen molar-refractivity contribution in [1.29, 1.82) is 0 Å². The average molecular weight is 321 g/mol. The van der Waals surface area contributed by atoms with Crippen LogP contribution in [0.2, 0.25) is 10.0 Å². The first-order chi connectivity index (χ1) is 7.63. The fourth-order valence-corrected chi connectivity index (χ4v) is 2.15. The van der Waals surface area contributed by atoms with Gasteiger partial charge in [0.15, 0.2) is 5.82 Å². The molecule has 0 aliphatic rings. The second kappa shape index (κ2) is 4.73. The third-order valence-electron chi connectivity index (χ3n) is 2.26. The Balaban J connectivity index is 2.50. The molecule has 84 valence electrons. The summed E-state index contributed by atoms with van der Waals surface area (Å²) in [5.41, 5.74) is 0.900. The number of hydrogen-bond acceptors (Lipinski definition) is 2. The highest BCUT2D eigenvalue weighted by atomic mass is 79.9. The minimum absolute atomic E-state index is 0.516. The molecule has 0 aliphatic carbocycles. The summed E-state index contributed by atoms with van der Waals surface area (Å²) in [6, 6.07) is 5.41. The minimum atomic E-state index is 0.516. The van der Waals surface area contributed by atoms with Crippen LogP contribution in [0.25, 0.3) is 11.4 Å². The van der Waals surface area contributed by atoms with Gasteiger partial charge < -0.3 is 4.57 Å². The Morgan fingerprint density at radius 1 is 1.25 bits per heavy atom. The molecule has 0 saturated heterocycles. The third kappa shape index (κ3) is 2.10. The molecule has 16 heavy (non-hydrogen) atoms. The van der Waals surface area contributed by atoms with Gasteiger partial charge in [0.25, 0.3) is 0 Å². The molecule has 2 rings (SSSR count). The quantitative estimate of drug-likeness (QED) is 0.790. The van der Waals surface area contributed by atoms with E-state index in [9.17, 15) is 0 Å². The van der Waals surface area contributed by atoms with Gasteiger partial charge in [0.05, 0.1) is 15.4 Å². The second-order valence-electron chi connectivity index (χ2n) is 3.26. The molecule has 0 saturated carbocycles. The van der Waals surface area contributed by atoms with Crippen LogP contribution in [0.1, 0.15) is 5.82 Å². The zero-order valence-corrected chi connectivity index (χ0v) is 11.5. The number of benzene rings is 1. The molecule has 0 amide bonds. The lowest BCUT2D eigenvalue weighted by Gasteiger charge is -2.03. The predicted octanol–water partition coefficient (Wildman–Crippen LogP) is 3.68. The van der Waals surface area contributed by atoms with E-state index in [0.29, 0.717) is 15.4 Å². The molecule has 3 nitrogen and oxygen atoms in total. The molecule has 0 spiro atoms. The highest BCUT2D eigenvalue weighted by molar-refractivity contribution is 9.08. The smallest absolute Gasteiger partial charge is 0.163 e. The highest BCUT2D eigenvalue weighted by Crippen LogP contribution is 2.27. The summed E-state index contributed by atoms with van der Waals surface area (Å²) >= 11 is 15.2. The maximum absolute atomic E-state index is 5.96. The van der Waals surface area contributed by atoms with E-state index >= 15 is 0 Å². The van der Waals surface area contributed by atoms with E-state index in [1.54, 1.807) is 12.1 Å². The minimum Gasteiger partial charge on any atom is -0.313 e. The van der Waals surface area contributed by atoms with E-state index in [-0.39, 0.29) is 0 Å². The van der Waals surface area contributed by atoms with Crippen LogP contribution < -0.4 is 0 Å². The van der Waals surface area contributed by atoms with E-state index in [0.717, 1.165) is 17.2 Å². The molecule has 6 heteroatoms. The molecule has 1 heterocycles. The molecular formula is C10H8BrCl2N3. The van der Waals surface area contributed by atoms with Crippen molar-refractivity contribution in [2.75, 3.05) is 0 Å². The van der Waals surface area contributed by atoms with Crippen LogP contribution in [0.3, 0.4) is 0 Å². The van der Waals surface area contributed by atoms with Gasteiger partial charge in [0.1, 0.15) is 5.82 Å². The first-order valence-corrected chi connectivity index (χ1v) is 6.41. The molecule has 2 aromatic rings. The largest absolute Gasteiger partial charge is 0.313 e. The number of rotatable bonds is 2. The lowest BCUT2D eigenvalue weighted by molar-refractivity contribution is 0.859. The zero-order valence-electron chi connectivity index (χ0n) is 8.41. The Morgan fingerprint density at radius 3 is 2.56 bits per heavy atom. The number of hydrogen-bond donors (Lipinski definition) is 0. The van der Waals surface area contributed by atoms with Crippen molar-refractivity contribution in [1.82, 2.24) is 14.8 Å². The molecule has 1 aromatic heterocycles. The Bertz CT molecular complexity index is 525. The topological polar surface area (TPSA) is 30.7 Å². The third-order valence-corrected chi connectivity index (χ3v) is 3.50. The van der Waals surface area contributed by atoms with Gasteiger partial charge >= 0.3 is 0 Å². The highest BCUT2D eigenvalue weighted by Gasteiger charge is 2.10. The van der Waals surface area contributed by atoms with Gasteiger partial charge in [-0.05, 0) is 18.2 Å². The van der Waals surface area contributed by atoms with Crippen LogP contribution >= 0.6 is 39.1 Å². The van der Waals surface area contributed by atoms with Crippen molar-refractivity contribution in [3.05, 3.63) is 34.1 Å². The average Bonchev–Trinajstić information content (AvgIpc) is 2.64. The van der Waals surface area contributed by atoms with E-state index in [4.69, 9.17) is 23.2 Å². The van der Waals surface area contributed by atoms with E-state index in [1.807, 2.05) is 17.7 Å². The summed E-state index contributed by atoms with van der Waals surface area (Å²) in [7, 11) is 1.91. The maximum Gasteiger partial charge on any atom is 0.163 e.